The van der Waals surface area contributed by atoms with Gasteiger partial charge in [0, 0.05) is 43.7 Å². The lowest BCUT2D eigenvalue weighted by Crippen LogP contribution is -2.54. The highest BCUT2D eigenvalue weighted by Gasteiger charge is 2.33. The summed E-state index contributed by atoms with van der Waals surface area (Å²) < 4.78 is 0. The van der Waals surface area contributed by atoms with Gasteiger partial charge in [-0.2, -0.15) is 0 Å². The fourth-order valence-electron chi connectivity index (χ4n) is 4.36. The molecule has 0 radical (unpaired) electrons. The minimum Gasteiger partial charge on any atom is -0.352 e. The van der Waals surface area contributed by atoms with E-state index < -0.39 is 0 Å². The van der Waals surface area contributed by atoms with E-state index in [2.05, 4.69) is 53.2 Å². The topological polar surface area (TPSA) is 69.6 Å². The number of anilines is 1. The van der Waals surface area contributed by atoms with Crippen LogP contribution in [0.1, 0.15) is 45.1 Å². The predicted molar refractivity (Wildman–Crippen MR) is 130 cm³/mol. The molecule has 0 unspecified atom stereocenters. The van der Waals surface area contributed by atoms with Crippen LogP contribution in [0.5, 0.6) is 0 Å². The number of hydrogen-bond acceptors (Lipinski definition) is 5. The van der Waals surface area contributed by atoms with Gasteiger partial charge < -0.3 is 14.7 Å². The minimum absolute atomic E-state index is 0.0448. The highest BCUT2D eigenvalue weighted by Crippen LogP contribution is 2.29. The van der Waals surface area contributed by atoms with E-state index in [0.717, 1.165) is 42.8 Å². The van der Waals surface area contributed by atoms with Gasteiger partial charge in [0.05, 0.1) is 12.2 Å². The molecular weight excluding hydrogens is 414 g/mol. The van der Waals surface area contributed by atoms with E-state index in [-0.39, 0.29) is 30.3 Å². The second-order valence-corrected chi connectivity index (χ2v) is 9.36. The Morgan fingerprint density at radius 3 is 2.27 bits per heavy atom. The number of nitrogens with zero attached hydrogens (tertiary/aromatic N) is 5. The highest BCUT2D eigenvalue weighted by atomic mass is 16.2. The predicted octanol–water partition coefficient (Wildman–Crippen LogP) is 3.53. The first-order valence-corrected chi connectivity index (χ1v) is 12.2. The van der Waals surface area contributed by atoms with Crippen molar-refractivity contribution in [3.05, 3.63) is 42.0 Å². The largest absolute Gasteiger partial charge is 0.352 e. The number of carbonyl (C=O) groups excluding carboxylic acids is 2. The van der Waals surface area contributed by atoms with E-state index in [4.69, 9.17) is 0 Å². The van der Waals surface area contributed by atoms with Crippen LogP contribution < -0.4 is 4.90 Å². The van der Waals surface area contributed by atoms with Gasteiger partial charge in [0.15, 0.2) is 5.82 Å². The Morgan fingerprint density at radius 1 is 1.03 bits per heavy atom. The molecule has 1 aliphatic heterocycles. The van der Waals surface area contributed by atoms with Crippen molar-refractivity contribution in [2.24, 2.45) is 5.92 Å². The molecular formula is C26H35N5O2. The van der Waals surface area contributed by atoms with Gasteiger partial charge in [-0.3, -0.25) is 9.59 Å². The third kappa shape index (κ3) is 5.34. The second-order valence-electron chi connectivity index (χ2n) is 9.36. The van der Waals surface area contributed by atoms with Crippen molar-refractivity contribution in [3.63, 3.8) is 0 Å². The molecule has 1 aromatic heterocycles. The van der Waals surface area contributed by atoms with Crippen molar-refractivity contribution in [2.75, 3.05) is 37.6 Å². The number of rotatable bonds is 7. The summed E-state index contributed by atoms with van der Waals surface area (Å²) in [5.74, 6) is 1.15. The van der Waals surface area contributed by atoms with Gasteiger partial charge in [-0.05, 0) is 45.2 Å². The SMILES string of the molecule is CC[C@@H](C)N(CC(=O)N1CCN(c2ccc(-c3ccc(C)cc3)nn2)CC1)C(=O)C1CCC1. The van der Waals surface area contributed by atoms with Crippen molar-refractivity contribution >= 4 is 17.6 Å². The number of aryl methyl sites for hydroxylation is 1. The van der Waals surface area contributed by atoms with Crippen molar-refractivity contribution in [1.82, 2.24) is 20.0 Å². The molecule has 1 saturated carbocycles. The third-order valence-electron chi connectivity index (χ3n) is 7.12. The van der Waals surface area contributed by atoms with Crippen LogP contribution in [0.4, 0.5) is 5.82 Å². The summed E-state index contributed by atoms with van der Waals surface area (Å²) in [4.78, 5) is 31.7. The van der Waals surface area contributed by atoms with Crippen molar-refractivity contribution < 1.29 is 9.59 Å². The van der Waals surface area contributed by atoms with Crippen LogP contribution in [0, 0.1) is 12.8 Å². The smallest absolute Gasteiger partial charge is 0.242 e. The summed E-state index contributed by atoms with van der Waals surface area (Å²) in [6.07, 6.45) is 3.90. The van der Waals surface area contributed by atoms with E-state index in [0.29, 0.717) is 26.2 Å². The Kier molecular flexibility index (Phi) is 7.26. The molecule has 7 nitrogen and oxygen atoms in total. The van der Waals surface area contributed by atoms with Gasteiger partial charge in [-0.25, -0.2) is 0 Å². The summed E-state index contributed by atoms with van der Waals surface area (Å²) in [6, 6.07) is 12.4. The Morgan fingerprint density at radius 2 is 1.73 bits per heavy atom. The zero-order valence-corrected chi connectivity index (χ0v) is 20.0. The molecule has 1 aromatic carbocycles. The maximum Gasteiger partial charge on any atom is 0.242 e. The Bertz CT molecular complexity index is 948. The summed E-state index contributed by atoms with van der Waals surface area (Å²) in [5.41, 5.74) is 3.13. The number of amides is 2. The third-order valence-corrected chi connectivity index (χ3v) is 7.12. The molecule has 0 bridgehead atoms. The Balaban J connectivity index is 1.32. The molecule has 0 N–H and O–H groups in total. The molecule has 2 aromatic rings. The lowest BCUT2D eigenvalue weighted by molar-refractivity contribution is -0.147. The molecule has 176 valence electrons. The van der Waals surface area contributed by atoms with E-state index in [9.17, 15) is 9.59 Å². The molecule has 1 aliphatic carbocycles. The van der Waals surface area contributed by atoms with Crippen LogP contribution in [0.3, 0.4) is 0 Å². The molecule has 33 heavy (non-hydrogen) atoms. The van der Waals surface area contributed by atoms with Crippen LogP contribution in [0.2, 0.25) is 0 Å². The molecule has 1 saturated heterocycles. The van der Waals surface area contributed by atoms with Crippen LogP contribution >= 0.6 is 0 Å². The Labute approximate surface area is 196 Å². The van der Waals surface area contributed by atoms with E-state index in [1.807, 2.05) is 28.9 Å². The zero-order chi connectivity index (χ0) is 23.4. The maximum atomic E-state index is 13.0. The number of benzene rings is 1. The molecule has 1 atom stereocenters. The number of piperazine rings is 1. The van der Waals surface area contributed by atoms with Crippen molar-refractivity contribution in [2.45, 2.75) is 52.5 Å². The minimum atomic E-state index is 0.0448. The second kappa shape index (κ2) is 10.3. The van der Waals surface area contributed by atoms with Crippen LogP contribution in [0.15, 0.2) is 36.4 Å². The van der Waals surface area contributed by atoms with Gasteiger partial charge in [-0.15, -0.1) is 10.2 Å². The zero-order valence-electron chi connectivity index (χ0n) is 20.0. The van der Waals surface area contributed by atoms with E-state index >= 15 is 0 Å². The molecule has 2 aliphatic rings. The van der Waals surface area contributed by atoms with Gasteiger partial charge in [0.1, 0.15) is 0 Å². The molecule has 2 fully saturated rings. The molecule has 2 heterocycles. The highest BCUT2D eigenvalue weighted by molar-refractivity contribution is 5.86. The summed E-state index contributed by atoms with van der Waals surface area (Å²) >= 11 is 0. The van der Waals surface area contributed by atoms with Gasteiger partial charge in [0.25, 0.3) is 0 Å². The first-order chi connectivity index (χ1) is 16.0. The fraction of sp³-hybridized carbons (Fsp3) is 0.538. The summed E-state index contributed by atoms with van der Waals surface area (Å²) in [7, 11) is 0. The van der Waals surface area contributed by atoms with Gasteiger partial charge in [-0.1, -0.05) is 43.2 Å². The number of hydrogen-bond donors (Lipinski definition) is 0. The standard InChI is InChI=1S/C26H35N5O2/c1-4-20(3)31(26(33)22-6-5-7-22)18-25(32)30-16-14-29(15-17-30)24-13-12-23(27-28-24)21-10-8-19(2)9-11-21/h8-13,20,22H,4-7,14-18H2,1-3H3/t20-/m1/s1. The lowest BCUT2D eigenvalue weighted by atomic mass is 9.84. The van der Waals surface area contributed by atoms with Crippen LogP contribution in [-0.4, -0.2) is 70.6 Å². The first kappa shape index (κ1) is 23.2. The summed E-state index contributed by atoms with van der Waals surface area (Å²) in [5, 5.41) is 8.84. The average molecular weight is 450 g/mol. The molecule has 4 rings (SSSR count). The molecule has 0 spiro atoms. The fourth-order valence-corrected chi connectivity index (χ4v) is 4.36. The normalized spacial score (nSPS) is 17.4. The Hall–Kier alpha value is -2.96. The van der Waals surface area contributed by atoms with Crippen molar-refractivity contribution in [3.8, 4) is 11.3 Å². The number of carbonyl (C=O) groups is 2. The number of aromatic nitrogens is 2. The van der Waals surface area contributed by atoms with Crippen LogP contribution in [0.25, 0.3) is 11.3 Å². The van der Waals surface area contributed by atoms with Gasteiger partial charge >= 0.3 is 0 Å². The lowest BCUT2D eigenvalue weighted by Gasteiger charge is -2.38. The van der Waals surface area contributed by atoms with Crippen LogP contribution in [-0.2, 0) is 9.59 Å². The monoisotopic (exact) mass is 449 g/mol. The molecule has 2 amide bonds. The summed E-state index contributed by atoms with van der Waals surface area (Å²) in [6.45, 7) is 9.06. The maximum absolute atomic E-state index is 13.0. The van der Waals surface area contributed by atoms with E-state index in [1.165, 1.54) is 5.56 Å². The quantitative estimate of drug-likeness (QED) is 0.647. The first-order valence-electron chi connectivity index (χ1n) is 12.2. The van der Waals surface area contributed by atoms with E-state index in [1.54, 1.807) is 0 Å². The average Bonchev–Trinajstić information content (AvgIpc) is 2.81. The molecule has 7 heteroatoms. The van der Waals surface area contributed by atoms with Gasteiger partial charge in [0.2, 0.25) is 11.8 Å². The van der Waals surface area contributed by atoms with Crippen molar-refractivity contribution in [1.29, 1.82) is 0 Å².